The lowest BCUT2D eigenvalue weighted by atomic mass is 10.1. The Morgan fingerprint density at radius 2 is 2.20 bits per heavy atom. The number of amides is 1. The lowest BCUT2D eigenvalue weighted by Gasteiger charge is -2.16. The first-order valence-corrected chi connectivity index (χ1v) is 7.68. The maximum absolute atomic E-state index is 12.4. The molecule has 1 heterocycles. The van der Waals surface area contributed by atoms with Crippen molar-refractivity contribution in [3.63, 3.8) is 0 Å². The Labute approximate surface area is 125 Å². The minimum Gasteiger partial charge on any atom is -0.396 e. The SMILES string of the molecule is O=C(NC(CCO)C1CC1)c1[nH]c2ccccc2c1Br. The summed E-state index contributed by atoms with van der Waals surface area (Å²) in [7, 11) is 0. The average Bonchev–Trinajstić information content (AvgIpc) is 3.24. The summed E-state index contributed by atoms with van der Waals surface area (Å²) in [5, 5.41) is 13.1. The quantitative estimate of drug-likeness (QED) is 0.786. The smallest absolute Gasteiger partial charge is 0.269 e. The molecule has 0 radical (unpaired) electrons. The first-order chi connectivity index (χ1) is 9.70. The van der Waals surface area contributed by atoms with Crippen molar-refractivity contribution in [2.75, 3.05) is 6.61 Å². The molecule has 0 bridgehead atoms. The van der Waals surface area contributed by atoms with Gasteiger partial charge in [0.15, 0.2) is 0 Å². The van der Waals surface area contributed by atoms with E-state index in [1.54, 1.807) is 0 Å². The Kier molecular flexibility index (Phi) is 3.81. The van der Waals surface area contributed by atoms with Crippen molar-refractivity contribution in [1.29, 1.82) is 0 Å². The van der Waals surface area contributed by atoms with Crippen LogP contribution in [0, 0.1) is 5.92 Å². The highest BCUT2D eigenvalue weighted by Gasteiger charge is 2.32. The van der Waals surface area contributed by atoms with E-state index >= 15 is 0 Å². The number of aliphatic hydroxyl groups excluding tert-OH is 1. The minimum atomic E-state index is -0.113. The van der Waals surface area contributed by atoms with E-state index in [4.69, 9.17) is 5.11 Å². The lowest BCUT2D eigenvalue weighted by Crippen LogP contribution is -2.37. The molecule has 1 fully saturated rings. The summed E-state index contributed by atoms with van der Waals surface area (Å²) < 4.78 is 0.796. The highest BCUT2D eigenvalue weighted by Crippen LogP contribution is 2.34. The molecule has 1 aliphatic rings. The van der Waals surface area contributed by atoms with Crippen LogP contribution in [-0.4, -0.2) is 28.6 Å². The summed E-state index contributed by atoms with van der Waals surface area (Å²) in [5.74, 6) is 0.410. The molecule has 1 aliphatic carbocycles. The molecule has 1 aromatic carbocycles. The number of H-pyrrole nitrogens is 1. The number of rotatable bonds is 5. The summed E-state index contributed by atoms with van der Waals surface area (Å²) in [6, 6.07) is 7.88. The number of para-hydroxylation sites is 1. The first-order valence-electron chi connectivity index (χ1n) is 6.88. The summed E-state index contributed by atoms with van der Waals surface area (Å²) in [6.45, 7) is 0.106. The summed E-state index contributed by atoms with van der Waals surface area (Å²) >= 11 is 3.49. The third-order valence-corrected chi connectivity index (χ3v) is 4.64. The maximum Gasteiger partial charge on any atom is 0.269 e. The Morgan fingerprint density at radius 3 is 2.85 bits per heavy atom. The fourth-order valence-corrected chi connectivity index (χ4v) is 3.19. The average molecular weight is 337 g/mol. The van der Waals surface area contributed by atoms with Gasteiger partial charge in [-0.25, -0.2) is 0 Å². The molecule has 0 aliphatic heterocycles. The van der Waals surface area contributed by atoms with Crippen LogP contribution in [0.2, 0.25) is 0 Å². The molecule has 106 valence electrons. The maximum atomic E-state index is 12.4. The normalized spacial score (nSPS) is 16.3. The Morgan fingerprint density at radius 1 is 1.45 bits per heavy atom. The highest BCUT2D eigenvalue weighted by molar-refractivity contribution is 9.10. The van der Waals surface area contributed by atoms with Gasteiger partial charge in [0.25, 0.3) is 5.91 Å². The molecule has 0 saturated heterocycles. The minimum absolute atomic E-state index is 0.0748. The Hall–Kier alpha value is -1.33. The molecule has 3 N–H and O–H groups in total. The van der Waals surface area contributed by atoms with Gasteiger partial charge in [-0.15, -0.1) is 0 Å². The number of aromatic nitrogens is 1. The number of fused-ring (bicyclic) bond motifs is 1. The zero-order valence-electron chi connectivity index (χ0n) is 11.0. The van der Waals surface area contributed by atoms with E-state index in [9.17, 15) is 4.79 Å². The van der Waals surface area contributed by atoms with Crippen molar-refractivity contribution in [3.8, 4) is 0 Å². The monoisotopic (exact) mass is 336 g/mol. The van der Waals surface area contributed by atoms with Crippen molar-refractivity contribution >= 4 is 32.7 Å². The number of nitrogens with one attached hydrogen (secondary N) is 2. The van der Waals surface area contributed by atoms with Crippen LogP contribution in [0.25, 0.3) is 10.9 Å². The predicted molar refractivity (Wildman–Crippen MR) is 81.7 cm³/mol. The topological polar surface area (TPSA) is 65.1 Å². The molecule has 1 amide bonds. The van der Waals surface area contributed by atoms with E-state index < -0.39 is 0 Å². The van der Waals surface area contributed by atoms with Crippen molar-refractivity contribution < 1.29 is 9.90 Å². The first kappa shape index (κ1) is 13.6. The van der Waals surface area contributed by atoms with Gasteiger partial charge in [-0.05, 0) is 47.2 Å². The number of benzene rings is 1. The third kappa shape index (κ3) is 2.60. The van der Waals surface area contributed by atoms with E-state index in [0.717, 1.165) is 28.2 Å². The van der Waals surface area contributed by atoms with Gasteiger partial charge in [-0.3, -0.25) is 4.79 Å². The van der Waals surface area contributed by atoms with Crippen LogP contribution < -0.4 is 5.32 Å². The second-order valence-corrected chi connectivity index (χ2v) is 6.08. The van der Waals surface area contributed by atoms with Crippen LogP contribution in [0.1, 0.15) is 29.8 Å². The van der Waals surface area contributed by atoms with Gasteiger partial charge in [0.2, 0.25) is 0 Å². The van der Waals surface area contributed by atoms with Gasteiger partial charge in [0.05, 0.1) is 4.47 Å². The predicted octanol–water partition coefficient (Wildman–Crippen LogP) is 2.82. The van der Waals surface area contributed by atoms with E-state index in [0.29, 0.717) is 18.0 Å². The van der Waals surface area contributed by atoms with Gasteiger partial charge in [0, 0.05) is 23.6 Å². The van der Waals surface area contributed by atoms with Crippen molar-refractivity contribution in [1.82, 2.24) is 10.3 Å². The highest BCUT2D eigenvalue weighted by atomic mass is 79.9. The van der Waals surface area contributed by atoms with E-state index in [2.05, 4.69) is 26.2 Å². The van der Waals surface area contributed by atoms with Crippen LogP contribution in [0.4, 0.5) is 0 Å². The second kappa shape index (κ2) is 5.58. The van der Waals surface area contributed by atoms with Crippen molar-refractivity contribution in [3.05, 3.63) is 34.4 Å². The summed E-state index contributed by atoms with van der Waals surface area (Å²) in [5.41, 5.74) is 1.49. The molecular formula is C15H17BrN2O2. The molecule has 4 nitrogen and oxygen atoms in total. The largest absolute Gasteiger partial charge is 0.396 e. The molecule has 20 heavy (non-hydrogen) atoms. The van der Waals surface area contributed by atoms with Crippen LogP contribution in [0.3, 0.4) is 0 Å². The van der Waals surface area contributed by atoms with E-state index in [-0.39, 0.29) is 18.6 Å². The third-order valence-electron chi connectivity index (χ3n) is 3.82. The van der Waals surface area contributed by atoms with Gasteiger partial charge in [-0.1, -0.05) is 18.2 Å². The molecular weight excluding hydrogens is 320 g/mol. The number of aliphatic hydroxyl groups is 1. The molecule has 0 spiro atoms. The van der Waals surface area contributed by atoms with E-state index in [1.165, 1.54) is 0 Å². The van der Waals surface area contributed by atoms with Crippen LogP contribution in [0.5, 0.6) is 0 Å². The number of halogens is 1. The van der Waals surface area contributed by atoms with Gasteiger partial charge >= 0.3 is 0 Å². The van der Waals surface area contributed by atoms with E-state index in [1.807, 2.05) is 24.3 Å². The Balaban J connectivity index is 1.82. The standard InChI is InChI=1S/C15H17BrN2O2/c16-13-10-3-1-2-4-12(10)17-14(13)15(20)18-11(7-8-19)9-5-6-9/h1-4,9,11,17,19H,5-8H2,(H,18,20). The van der Waals surface area contributed by atoms with Crippen LogP contribution in [0.15, 0.2) is 28.7 Å². The number of carbonyl (C=O) groups excluding carboxylic acids is 1. The zero-order valence-corrected chi connectivity index (χ0v) is 12.6. The van der Waals surface area contributed by atoms with Gasteiger partial charge < -0.3 is 15.4 Å². The molecule has 1 atom stereocenters. The number of hydrogen-bond acceptors (Lipinski definition) is 2. The van der Waals surface area contributed by atoms with Crippen LogP contribution in [-0.2, 0) is 0 Å². The molecule has 1 saturated carbocycles. The lowest BCUT2D eigenvalue weighted by molar-refractivity contribution is 0.0919. The molecule has 1 aromatic heterocycles. The molecule has 3 rings (SSSR count). The fourth-order valence-electron chi connectivity index (χ4n) is 2.57. The molecule has 1 unspecified atom stereocenters. The van der Waals surface area contributed by atoms with Crippen molar-refractivity contribution in [2.45, 2.75) is 25.3 Å². The van der Waals surface area contributed by atoms with Gasteiger partial charge in [-0.2, -0.15) is 0 Å². The molecule has 5 heteroatoms. The second-order valence-electron chi connectivity index (χ2n) is 5.29. The number of hydrogen-bond donors (Lipinski definition) is 3. The Bertz CT molecular complexity index is 634. The summed E-state index contributed by atoms with van der Waals surface area (Å²) in [4.78, 5) is 15.5. The van der Waals surface area contributed by atoms with Crippen molar-refractivity contribution in [2.24, 2.45) is 5.92 Å². The summed E-state index contributed by atoms with van der Waals surface area (Å²) in [6.07, 6.45) is 2.89. The number of aromatic amines is 1. The fraction of sp³-hybridized carbons (Fsp3) is 0.400. The van der Waals surface area contributed by atoms with Crippen LogP contribution >= 0.6 is 15.9 Å². The number of carbonyl (C=O) groups is 1. The van der Waals surface area contributed by atoms with Gasteiger partial charge in [0.1, 0.15) is 5.69 Å². The zero-order chi connectivity index (χ0) is 14.1. The molecule has 2 aromatic rings.